The summed E-state index contributed by atoms with van der Waals surface area (Å²) >= 11 is 3.51. The molecule has 3 nitrogen and oxygen atoms in total. The van der Waals surface area contributed by atoms with Crippen LogP contribution in [0.5, 0.6) is 0 Å². The molecule has 1 aromatic heterocycles. The number of carbonyl (C=O) groups is 1. The van der Waals surface area contributed by atoms with Crippen molar-refractivity contribution in [3.05, 3.63) is 52.2 Å². The molecule has 0 spiro atoms. The molecular weight excluding hydrogens is 350 g/mol. The number of thioether (sulfide) groups is 1. The number of hydrogen-bond acceptors (Lipinski definition) is 4. The third-order valence-electron chi connectivity index (χ3n) is 4.14. The smallest absolute Gasteiger partial charge is 0.254 e. The van der Waals surface area contributed by atoms with Crippen LogP contribution < -0.4 is 0 Å². The predicted molar refractivity (Wildman–Crippen MR) is 105 cm³/mol. The quantitative estimate of drug-likeness (QED) is 0.633. The molecule has 0 aliphatic carbocycles. The molecule has 0 N–H and O–H groups in total. The first-order chi connectivity index (χ1) is 12.1. The zero-order valence-electron chi connectivity index (χ0n) is 14.8. The summed E-state index contributed by atoms with van der Waals surface area (Å²) in [6, 6.07) is 12.1. The van der Waals surface area contributed by atoms with Gasteiger partial charge in [0.15, 0.2) is 0 Å². The molecule has 134 valence electrons. The van der Waals surface area contributed by atoms with Crippen molar-refractivity contribution >= 4 is 29.0 Å². The van der Waals surface area contributed by atoms with Gasteiger partial charge in [-0.3, -0.25) is 4.79 Å². The highest BCUT2D eigenvalue weighted by Crippen LogP contribution is 2.24. The Bertz CT molecular complexity index is 662. The van der Waals surface area contributed by atoms with Gasteiger partial charge in [0, 0.05) is 33.7 Å². The summed E-state index contributed by atoms with van der Waals surface area (Å²) in [4.78, 5) is 17.4. The monoisotopic (exact) mass is 375 g/mol. The molecule has 1 atom stereocenters. The molecule has 0 bridgehead atoms. The molecule has 3 rings (SSSR count). The summed E-state index contributed by atoms with van der Waals surface area (Å²) in [6.45, 7) is 6.48. The molecular formula is C20H25NO2S2. The lowest BCUT2D eigenvalue weighted by atomic mass is 10.1. The molecule has 0 saturated carbocycles. The van der Waals surface area contributed by atoms with Crippen molar-refractivity contribution in [3.63, 3.8) is 0 Å². The van der Waals surface area contributed by atoms with Crippen molar-refractivity contribution in [2.45, 2.75) is 49.5 Å². The van der Waals surface area contributed by atoms with Crippen LogP contribution in [0.25, 0.3) is 0 Å². The van der Waals surface area contributed by atoms with E-state index in [0.29, 0.717) is 18.3 Å². The summed E-state index contributed by atoms with van der Waals surface area (Å²) in [5.74, 6) is 0.0880. The van der Waals surface area contributed by atoms with E-state index in [1.54, 1.807) is 11.3 Å². The molecule has 25 heavy (non-hydrogen) atoms. The van der Waals surface area contributed by atoms with E-state index in [1.165, 1.54) is 9.77 Å². The Morgan fingerprint density at radius 3 is 2.72 bits per heavy atom. The fourth-order valence-electron chi connectivity index (χ4n) is 2.97. The zero-order chi connectivity index (χ0) is 17.6. The first-order valence-electron chi connectivity index (χ1n) is 8.82. The second kappa shape index (κ2) is 8.88. The van der Waals surface area contributed by atoms with E-state index < -0.39 is 0 Å². The van der Waals surface area contributed by atoms with Gasteiger partial charge in [0.25, 0.3) is 5.91 Å². The first-order valence-corrected chi connectivity index (χ1v) is 10.6. The second-order valence-electron chi connectivity index (χ2n) is 6.59. The topological polar surface area (TPSA) is 29.5 Å². The SMILES string of the molecule is CC(C)Sc1ccc(C(=O)N(Cc2cccs2)CC2CCCO2)cc1. The molecule has 0 radical (unpaired) electrons. The average Bonchev–Trinajstić information content (AvgIpc) is 3.28. The van der Waals surface area contributed by atoms with Gasteiger partial charge in [0.1, 0.15) is 0 Å². The maximum absolute atomic E-state index is 13.1. The number of rotatable bonds is 7. The molecule has 1 unspecified atom stereocenters. The van der Waals surface area contributed by atoms with E-state index in [-0.39, 0.29) is 12.0 Å². The van der Waals surface area contributed by atoms with Gasteiger partial charge >= 0.3 is 0 Å². The van der Waals surface area contributed by atoms with Gasteiger partial charge in [-0.2, -0.15) is 0 Å². The van der Waals surface area contributed by atoms with E-state index in [9.17, 15) is 4.79 Å². The van der Waals surface area contributed by atoms with Crippen molar-refractivity contribution in [3.8, 4) is 0 Å². The molecule has 1 saturated heterocycles. The first kappa shape index (κ1) is 18.5. The van der Waals surface area contributed by atoms with E-state index in [4.69, 9.17) is 4.74 Å². The van der Waals surface area contributed by atoms with Gasteiger partial charge in [-0.25, -0.2) is 0 Å². The van der Waals surface area contributed by atoms with Crippen LogP contribution in [0, 0.1) is 0 Å². The Balaban J connectivity index is 1.72. The summed E-state index contributed by atoms with van der Waals surface area (Å²) in [7, 11) is 0. The number of ether oxygens (including phenoxy) is 1. The van der Waals surface area contributed by atoms with Crippen LogP contribution >= 0.6 is 23.1 Å². The minimum absolute atomic E-state index is 0.0880. The van der Waals surface area contributed by atoms with E-state index in [1.807, 2.05) is 47.0 Å². The Kier molecular flexibility index (Phi) is 6.57. The van der Waals surface area contributed by atoms with Crippen LogP contribution in [0.1, 0.15) is 41.9 Å². The van der Waals surface area contributed by atoms with E-state index >= 15 is 0 Å². The third-order valence-corrected chi connectivity index (χ3v) is 6.01. The van der Waals surface area contributed by atoms with Gasteiger partial charge in [-0.05, 0) is 48.6 Å². The maximum Gasteiger partial charge on any atom is 0.254 e. The van der Waals surface area contributed by atoms with Crippen LogP contribution in [0.3, 0.4) is 0 Å². The summed E-state index contributed by atoms with van der Waals surface area (Å²) in [5, 5.41) is 2.60. The molecule has 1 aromatic carbocycles. The zero-order valence-corrected chi connectivity index (χ0v) is 16.4. The van der Waals surface area contributed by atoms with Crippen molar-refractivity contribution in [2.24, 2.45) is 0 Å². The van der Waals surface area contributed by atoms with Crippen LogP contribution in [0.15, 0.2) is 46.7 Å². The van der Waals surface area contributed by atoms with Gasteiger partial charge in [0.05, 0.1) is 12.6 Å². The Morgan fingerprint density at radius 2 is 2.12 bits per heavy atom. The number of amides is 1. The summed E-state index contributed by atoms with van der Waals surface area (Å²) < 4.78 is 5.76. The van der Waals surface area contributed by atoms with Crippen LogP contribution in [-0.2, 0) is 11.3 Å². The molecule has 1 aliphatic heterocycles. The largest absolute Gasteiger partial charge is 0.376 e. The number of benzene rings is 1. The highest BCUT2D eigenvalue weighted by molar-refractivity contribution is 7.99. The predicted octanol–water partition coefficient (Wildman–Crippen LogP) is 5.07. The number of carbonyl (C=O) groups excluding carboxylic acids is 1. The van der Waals surface area contributed by atoms with Crippen molar-refractivity contribution in [2.75, 3.05) is 13.2 Å². The molecule has 1 amide bonds. The molecule has 5 heteroatoms. The lowest BCUT2D eigenvalue weighted by Gasteiger charge is -2.25. The van der Waals surface area contributed by atoms with Gasteiger partial charge < -0.3 is 9.64 Å². The fraction of sp³-hybridized carbons (Fsp3) is 0.450. The number of thiophene rings is 1. The Morgan fingerprint density at radius 1 is 1.32 bits per heavy atom. The van der Waals surface area contributed by atoms with Crippen LogP contribution in [0.2, 0.25) is 0 Å². The number of nitrogens with zero attached hydrogens (tertiary/aromatic N) is 1. The molecule has 2 aromatic rings. The van der Waals surface area contributed by atoms with E-state index in [2.05, 4.69) is 25.3 Å². The summed E-state index contributed by atoms with van der Waals surface area (Å²) in [5.41, 5.74) is 0.752. The standard InChI is InChI=1S/C20H25NO2S2/c1-15(2)25-18-9-7-16(8-10-18)20(22)21(13-17-5-3-11-23-17)14-19-6-4-12-24-19/h4,6-10,12,15,17H,3,5,11,13-14H2,1-2H3. The third kappa shape index (κ3) is 5.33. The number of hydrogen-bond donors (Lipinski definition) is 0. The lowest BCUT2D eigenvalue weighted by molar-refractivity contribution is 0.0509. The van der Waals surface area contributed by atoms with E-state index in [0.717, 1.165) is 25.0 Å². The van der Waals surface area contributed by atoms with Crippen molar-refractivity contribution < 1.29 is 9.53 Å². The fourth-order valence-corrected chi connectivity index (χ4v) is 4.53. The van der Waals surface area contributed by atoms with Crippen molar-refractivity contribution in [1.29, 1.82) is 0 Å². The van der Waals surface area contributed by atoms with Crippen LogP contribution in [-0.4, -0.2) is 35.3 Å². The van der Waals surface area contributed by atoms with Gasteiger partial charge in [0.2, 0.25) is 0 Å². The normalized spacial score (nSPS) is 17.2. The second-order valence-corrected chi connectivity index (χ2v) is 9.27. The Labute approximate surface area is 158 Å². The molecule has 2 heterocycles. The minimum atomic E-state index is 0.0880. The average molecular weight is 376 g/mol. The highest BCUT2D eigenvalue weighted by Gasteiger charge is 2.24. The maximum atomic E-state index is 13.1. The highest BCUT2D eigenvalue weighted by atomic mass is 32.2. The molecule has 1 aliphatic rings. The minimum Gasteiger partial charge on any atom is -0.376 e. The van der Waals surface area contributed by atoms with Gasteiger partial charge in [-0.1, -0.05) is 19.9 Å². The Hall–Kier alpha value is -1.30. The lowest BCUT2D eigenvalue weighted by Crippen LogP contribution is -2.36. The van der Waals surface area contributed by atoms with Crippen LogP contribution in [0.4, 0.5) is 0 Å². The summed E-state index contributed by atoms with van der Waals surface area (Å²) in [6.07, 6.45) is 2.30. The van der Waals surface area contributed by atoms with Gasteiger partial charge in [-0.15, -0.1) is 23.1 Å². The van der Waals surface area contributed by atoms with Crippen molar-refractivity contribution in [1.82, 2.24) is 4.90 Å². The molecule has 1 fully saturated rings.